The summed E-state index contributed by atoms with van der Waals surface area (Å²) in [6, 6.07) is 8.19. The van der Waals surface area contributed by atoms with Gasteiger partial charge in [0.15, 0.2) is 9.84 Å². The fourth-order valence-corrected chi connectivity index (χ4v) is 5.33. The largest absolute Gasteiger partial charge is 0.459 e. The second-order valence-corrected chi connectivity index (χ2v) is 8.17. The Hall–Kier alpha value is -0.880. The van der Waals surface area contributed by atoms with Crippen LogP contribution >= 0.6 is 15.9 Å². The van der Waals surface area contributed by atoms with Gasteiger partial charge in [0.05, 0.1) is 16.6 Å². The van der Waals surface area contributed by atoms with E-state index in [0.29, 0.717) is 5.33 Å². The minimum Gasteiger partial charge on any atom is -0.459 e. The number of rotatable bonds is 4. The number of carbonyl (C=O) groups is 1. The quantitative estimate of drug-likeness (QED) is 0.611. The molecule has 1 aliphatic heterocycles. The van der Waals surface area contributed by atoms with Crippen molar-refractivity contribution in [1.82, 2.24) is 0 Å². The summed E-state index contributed by atoms with van der Waals surface area (Å²) in [6.45, 7) is 3.62. The summed E-state index contributed by atoms with van der Waals surface area (Å²) in [5.41, 5.74) is -0.641. The van der Waals surface area contributed by atoms with Crippen molar-refractivity contribution in [2.24, 2.45) is 11.8 Å². The lowest BCUT2D eigenvalue weighted by molar-refractivity contribution is -0.148. The lowest BCUT2D eigenvalue weighted by atomic mass is 9.86. The molecule has 1 aromatic carbocycles. The van der Waals surface area contributed by atoms with Crippen LogP contribution in [0.5, 0.6) is 0 Å². The summed E-state index contributed by atoms with van der Waals surface area (Å²) >= 11 is 3.36. The number of hydrogen-bond acceptors (Lipinski definition) is 4. The van der Waals surface area contributed by atoms with Crippen molar-refractivity contribution >= 4 is 31.7 Å². The van der Waals surface area contributed by atoms with Crippen LogP contribution in [0.15, 0.2) is 35.2 Å². The third-order valence-electron chi connectivity index (χ3n) is 3.71. The SMILES string of the molecule is CC1(C)OC(=O)[C@@H](CS(=O)(=O)c2ccccc2)[C@@H]1CBr. The monoisotopic (exact) mass is 360 g/mol. The molecule has 0 amide bonds. The van der Waals surface area contributed by atoms with Gasteiger partial charge in [0.25, 0.3) is 0 Å². The van der Waals surface area contributed by atoms with Gasteiger partial charge in [0, 0.05) is 11.2 Å². The summed E-state index contributed by atoms with van der Waals surface area (Å²) in [4.78, 5) is 12.2. The summed E-state index contributed by atoms with van der Waals surface area (Å²) in [7, 11) is -3.49. The Morgan fingerprint density at radius 1 is 1.25 bits per heavy atom. The van der Waals surface area contributed by atoms with E-state index in [1.165, 1.54) is 0 Å². The second-order valence-electron chi connectivity index (χ2n) is 5.49. The number of esters is 1. The summed E-state index contributed by atoms with van der Waals surface area (Å²) in [6.07, 6.45) is 0. The van der Waals surface area contributed by atoms with Crippen molar-refractivity contribution < 1.29 is 17.9 Å². The molecule has 2 atom stereocenters. The van der Waals surface area contributed by atoms with E-state index in [1.54, 1.807) is 30.3 Å². The molecule has 1 aliphatic rings. The topological polar surface area (TPSA) is 60.4 Å². The van der Waals surface area contributed by atoms with E-state index < -0.39 is 27.3 Å². The van der Waals surface area contributed by atoms with Gasteiger partial charge in [-0.1, -0.05) is 34.1 Å². The summed E-state index contributed by atoms with van der Waals surface area (Å²) < 4.78 is 30.1. The Kier molecular flexibility index (Phi) is 4.25. The molecule has 0 aliphatic carbocycles. The zero-order chi connectivity index (χ0) is 15.0. The molecule has 0 spiro atoms. The summed E-state index contributed by atoms with van der Waals surface area (Å²) in [5.74, 6) is -1.43. The Morgan fingerprint density at radius 2 is 1.85 bits per heavy atom. The van der Waals surface area contributed by atoms with Crippen LogP contribution in [-0.2, 0) is 19.4 Å². The highest BCUT2D eigenvalue weighted by Crippen LogP contribution is 2.39. The lowest BCUT2D eigenvalue weighted by Crippen LogP contribution is -2.33. The smallest absolute Gasteiger partial charge is 0.310 e. The van der Waals surface area contributed by atoms with Gasteiger partial charge in [-0.05, 0) is 26.0 Å². The molecule has 4 nitrogen and oxygen atoms in total. The van der Waals surface area contributed by atoms with Gasteiger partial charge in [0.1, 0.15) is 5.60 Å². The number of carbonyl (C=O) groups excluding carboxylic acids is 1. The number of cyclic esters (lactones) is 1. The number of alkyl halides is 1. The molecule has 0 N–H and O–H groups in total. The maximum absolute atomic E-state index is 12.4. The van der Waals surface area contributed by atoms with E-state index in [2.05, 4.69) is 15.9 Å². The van der Waals surface area contributed by atoms with E-state index in [-0.39, 0.29) is 16.6 Å². The molecule has 0 bridgehead atoms. The third-order valence-corrected chi connectivity index (χ3v) is 6.20. The van der Waals surface area contributed by atoms with Crippen LogP contribution < -0.4 is 0 Å². The molecule has 1 saturated heterocycles. The minimum atomic E-state index is -3.49. The highest BCUT2D eigenvalue weighted by atomic mass is 79.9. The van der Waals surface area contributed by atoms with E-state index in [1.807, 2.05) is 13.8 Å². The molecule has 6 heteroatoms. The normalized spacial score (nSPS) is 25.4. The van der Waals surface area contributed by atoms with Crippen LogP contribution in [-0.4, -0.2) is 31.1 Å². The Bertz CT molecular complexity index is 595. The maximum atomic E-state index is 12.4. The van der Waals surface area contributed by atoms with E-state index >= 15 is 0 Å². The van der Waals surface area contributed by atoms with Gasteiger partial charge in [-0.15, -0.1) is 0 Å². The Balaban J connectivity index is 2.28. The van der Waals surface area contributed by atoms with Crippen molar-refractivity contribution in [3.8, 4) is 0 Å². The van der Waals surface area contributed by atoms with Gasteiger partial charge >= 0.3 is 5.97 Å². The van der Waals surface area contributed by atoms with Crippen LogP contribution in [0.3, 0.4) is 0 Å². The Labute approximate surface area is 127 Å². The van der Waals surface area contributed by atoms with E-state index in [4.69, 9.17) is 4.74 Å². The zero-order valence-corrected chi connectivity index (χ0v) is 13.8. The van der Waals surface area contributed by atoms with Crippen LogP contribution in [0.4, 0.5) is 0 Å². The fourth-order valence-electron chi connectivity index (χ4n) is 2.50. The van der Waals surface area contributed by atoms with Crippen LogP contribution in [0.2, 0.25) is 0 Å². The molecule has 1 aromatic rings. The average Bonchev–Trinajstić information content (AvgIpc) is 2.59. The van der Waals surface area contributed by atoms with Crippen molar-refractivity contribution in [1.29, 1.82) is 0 Å². The van der Waals surface area contributed by atoms with Crippen molar-refractivity contribution in [2.75, 3.05) is 11.1 Å². The highest BCUT2D eigenvalue weighted by Gasteiger charge is 2.50. The number of ether oxygens (including phenoxy) is 1. The second kappa shape index (κ2) is 5.48. The maximum Gasteiger partial charge on any atom is 0.310 e. The standard InChI is InChI=1S/C14H17BrO4S/c1-14(2)12(8-15)11(13(16)19-14)9-20(17,18)10-6-4-3-5-7-10/h3-7,11-12H,8-9H2,1-2H3/t11-,12-/m0/s1. The first-order chi connectivity index (χ1) is 9.28. The zero-order valence-electron chi connectivity index (χ0n) is 11.4. The number of sulfone groups is 1. The minimum absolute atomic E-state index is 0.159. The van der Waals surface area contributed by atoms with Gasteiger partial charge in [-0.25, -0.2) is 8.42 Å². The molecule has 0 unspecified atom stereocenters. The van der Waals surface area contributed by atoms with Crippen molar-refractivity contribution in [2.45, 2.75) is 24.3 Å². The van der Waals surface area contributed by atoms with Gasteiger partial charge in [-0.2, -0.15) is 0 Å². The van der Waals surface area contributed by atoms with Crippen LogP contribution in [0.1, 0.15) is 13.8 Å². The Morgan fingerprint density at radius 3 is 2.40 bits per heavy atom. The number of benzene rings is 1. The van der Waals surface area contributed by atoms with E-state index in [9.17, 15) is 13.2 Å². The average molecular weight is 361 g/mol. The van der Waals surface area contributed by atoms with Crippen molar-refractivity contribution in [3.05, 3.63) is 30.3 Å². The first kappa shape index (κ1) is 15.5. The molecule has 0 aromatic heterocycles. The predicted octanol–water partition coefficient (Wildman–Crippen LogP) is 2.42. The molecular weight excluding hydrogens is 344 g/mol. The van der Waals surface area contributed by atoms with Gasteiger partial charge < -0.3 is 4.74 Å². The lowest BCUT2D eigenvalue weighted by Gasteiger charge is -2.25. The molecule has 2 rings (SSSR count). The predicted molar refractivity (Wildman–Crippen MR) is 79.4 cm³/mol. The van der Waals surface area contributed by atoms with Crippen LogP contribution in [0.25, 0.3) is 0 Å². The molecule has 20 heavy (non-hydrogen) atoms. The van der Waals surface area contributed by atoms with Crippen molar-refractivity contribution in [3.63, 3.8) is 0 Å². The molecule has 0 saturated carbocycles. The highest BCUT2D eigenvalue weighted by molar-refractivity contribution is 9.09. The first-order valence-corrected chi connectivity index (χ1v) is 9.12. The van der Waals surface area contributed by atoms with Gasteiger partial charge in [0.2, 0.25) is 0 Å². The number of halogens is 1. The number of hydrogen-bond donors (Lipinski definition) is 0. The van der Waals surface area contributed by atoms with Crippen LogP contribution in [0, 0.1) is 11.8 Å². The molecule has 0 radical (unpaired) electrons. The van der Waals surface area contributed by atoms with E-state index in [0.717, 1.165) is 0 Å². The third kappa shape index (κ3) is 2.91. The summed E-state index contributed by atoms with van der Waals surface area (Å²) in [5, 5.41) is 0.528. The molecular formula is C14H17BrO4S. The first-order valence-electron chi connectivity index (χ1n) is 6.34. The molecule has 1 heterocycles. The molecule has 110 valence electrons. The molecule has 1 fully saturated rings. The van der Waals surface area contributed by atoms with Gasteiger partial charge in [-0.3, -0.25) is 4.79 Å². The fraction of sp³-hybridized carbons (Fsp3) is 0.500.